The second-order valence-corrected chi connectivity index (χ2v) is 10.4. The minimum atomic E-state index is -3.81. The molecule has 0 heterocycles. The Kier molecular flexibility index (Phi) is 6.16. The maximum Gasteiger partial charge on any atom is 0.331 e. The minimum absolute atomic E-state index is 0.0164. The van der Waals surface area contributed by atoms with Crippen LogP contribution in [0.3, 0.4) is 0 Å². The number of rotatable bonds is 3. The van der Waals surface area contributed by atoms with Crippen molar-refractivity contribution in [2.75, 3.05) is 6.61 Å². The molecule has 0 saturated heterocycles. The molecule has 152 valence electrons. The first kappa shape index (κ1) is 22.2. The third-order valence-corrected chi connectivity index (χ3v) is 6.83. The molecule has 28 heavy (non-hydrogen) atoms. The summed E-state index contributed by atoms with van der Waals surface area (Å²) in [5, 5.41) is 2.36. The van der Waals surface area contributed by atoms with Gasteiger partial charge in [-0.15, -0.1) is 0 Å². The van der Waals surface area contributed by atoms with Crippen LogP contribution >= 0.6 is 0 Å². The Morgan fingerprint density at radius 2 is 1.68 bits per heavy atom. The average Bonchev–Trinajstić information content (AvgIpc) is 2.57. The number of hydrogen-bond acceptors (Lipinski definition) is 4. The third-order valence-electron chi connectivity index (χ3n) is 5.44. The van der Waals surface area contributed by atoms with E-state index in [1.807, 2.05) is 13.0 Å². The van der Waals surface area contributed by atoms with Crippen molar-refractivity contribution in [2.24, 2.45) is 0 Å². The summed E-state index contributed by atoms with van der Waals surface area (Å²) >= 11 is 0. The van der Waals surface area contributed by atoms with Crippen LogP contribution < -0.4 is 0 Å². The molecule has 5 heteroatoms. The maximum absolute atomic E-state index is 12.9. The number of fused-ring (bicyclic) bond motifs is 1. The fourth-order valence-electron chi connectivity index (χ4n) is 3.59. The van der Waals surface area contributed by atoms with Crippen LogP contribution in [0.25, 0.3) is 0 Å². The average molecular weight is 403 g/mol. The van der Waals surface area contributed by atoms with Gasteiger partial charge in [-0.25, -0.2) is 13.2 Å². The third kappa shape index (κ3) is 4.67. The van der Waals surface area contributed by atoms with Crippen molar-refractivity contribution in [1.29, 1.82) is 0 Å². The summed E-state index contributed by atoms with van der Waals surface area (Å²) in [5.41, 5.74) is 3.27. The molecule has 0 radical (unpaired) electrons. The Hall–Kier alpha value is -2.06. The second-order valence-electron chi connectivity index (χ2n) is 8.74. The summed E-state index contributed by atoms with van der Waals surface area (Å²) in [7, 11) is -3.81. The Morgan fingerprint density at radius 3 is 2.21 bits per heavy atom. The zero-order chi connectivity index (χ0) is 21.3. The molecule has 0 unspecified atom stereocenters. The van der Waals surface area contributed by atoms with Gasteiger partial charge in [-0.1, -0.05) is 39.7 Å². The van der Waals surface area contributed by atoms with E-state index in [0.717, 1.165) is 18.4 Å². The molecule has 0 aliphatic heterocycles. The predicted octanol–water partition coefficient (Wildman–Crippen LogP) is 4.59. The Bertz CT molecular complexity index is 983. The molecule has 1 aromatic carbocycles. The smallest absolute Gasteiger partial charge is 0.331 e. The van der Waals surface area contributed by atoms with E-state index in [-0.39, 0.29) is 22.3 Å². The number of allylic oxidation sites excluding steroid dienone is 1. The van der Waals surface area contributed by atoms with Crippen molar-refractivity contribution in [1.82, 2.24) is 0 Å². The van der Waals surface area contributed by atoms with Crippen molar-refractivity contribution in [3.05, 3.63) is 40.5 Å². The van der Waals surface area contributed by atoms with Crippen LogP contribution in [-0.2, 0) is 30.2 Å². The van der Waals surface area contributed by atoms with Gasteiger partial charge >= 0.3 is 5.97 Å². The molecule has 1 aliphatic carbocycles. The molecular formula is C23H30O4S. The molecule has 0 aromatic heterocycles. The molecule has 1 aliphatic rings. The highest BCUT2D eigenvalue weighted by Gasteiger charge is 2.38. The summed E-state index contributed by atoms with van der Waals surface area (Å²) < 4.78 is 30.6. The maximum atomic E-state index is 12.9. The molecule has 0 N–H and O–H groups in total. The van der Waals surface area contributed by atoms with Crippen LogP contribution in [0.4, 0.5) is 0 Å². The number of hydrogen-bond donors (Lipinski definition) is 0. The fourth-order valence-corrected chi connectivity index (χ4v) is 4.75. The van der Waals surface area contributed by atoms with E-state index < -0.39 is 15.8 Å². The van der Waals surface area contributed by atoms with Gasteiger partial charge in [0.1, 0.15) is 0 Å². The lowest BCUT2D eigenvalue weighted by atomic mass is 9.63. The Morgan fingerprint density at radius 1 is 1.14 bits per heavy atom. The van der Waals surface area contributed by atoms with Gasteiger partial charge in [0.15, 0.2) is 0 Å². The lowest BCUT2D eigenvalue weighted by molar-refractivity contribution is -0.137. The van der Waals surface area contributed by atoms with Gasteiger partial charge < -0.3 is 4.74 Å². The highest BCUT2D eigenvalue weighted by molar-refractivity contribution is 7.96. The first-order valence-corrected chi connectivity index (χ1v) is 11.1. The number of aryl methyl sites for hydroxylation is 1. The number of ether oxygens (including phenoxy) is 1. The van der Waals surface area contributed by atoms with Gasteiger partial charge in [-0.05, 0) is 67.2 Å². The van der Waals surface area contributed by atoms with Gasteiger partial charge in [0.2, 0.25) is 9.84 Å². The first-order chi connectivity index (χ1) is 12.8. The first-order valence-electron chi connectivity index (χ1n) is 9.58. The van der Waals surface area contributed by atoms with E-state index in [1.165, 1.54) is 11.6 Å². The number of benzene rings is 1. The summed E-state index contributed by atoms with van der Waals surface area (Å²) in [6.45, 7) is 14.1. The van der Waals surface area contributed by atoms with Gasteiger partial charge in [-0.3, -0.25) is 0 Å². The molecule has 0 bridgehead atoms. The minimum Gasteiger partial charge on any atom is -0.463 e. The molecule has 0 saturated carbocycles. The molecule has 0 spiro atoms. The summed E-state index contributed by atoms with van der Waals surface area (Å²) in [5.74, 6) is 2.05. The topological polar surface area (TPSA) is 60.4 Å². The number of sulfone groups is 1. The highest BCUT2D eigenvalue weighted by Crippen LogP contribution is 2.47. The molecule has 4 nitrogen and oxygen atoms in total. The van der Waals surface area contributed by atoms with Gasteiger partial charge in [0.05, 0.1) is 11.5 Å². The van der Waals surface area contributed by atoms with Gasteiger partial charge in [-0.2, -0.15) is 0 Å². The number of carbonyl (C=O) groups excluding carboxylic acids is 1. The standard InChI is InChI=1S/C23H30O4S/c1-8-27-21(24)13-16(2)9-12-28(25,26)20-15-19-18(14-17(20)3)22(4,5)10-11-23(19,6)7/h13-15H,8,10-11H2,1-7H3/b16-13+. The van der Waals surface area contributed by atoms with Gasteiger partial charge in [0, 0.05) is 16.9 Å². The Balaban J connectivity index is 2.52. The fraction of sp³-hybridized carbons (Fsp3) is 0.522. The summed E-state index contributed by atoms with van der Waals surface area (Å²) in [4.78, 5) is 11.7. The monoisotopic (exact) mass is 402 g/mol. The van der Waals surface area contributed by atoms with Gasteiger partial charge in [0.25, 0.3) is 0 Å². The van der Waals surface area contributed by atoms with Crippen molar-refractivity contribution < 1.29 is 17.9 Å². The highest BCUT2D eigenvalue weighted by atomic mass is 32.2. The van der Waals surface area contributed by atoms with Crippen LogP contribution in [0.15, 0.2) is 28.7 Å². The molecule has 0 amide bonds. The summed E-state index contributed by atoms with van der Waals surface area (Å²) in [6.07, 6.45) is 3.27. The molecule has 0 fully saturated rings. The van der Waals surface area contributed by atoms with E-state index >= 15 is 0 Å². The largest absolute Gasteiger partial charge is 0.463 e. The lowest BCUT2D eigenvalue weighted by Crippen LogP contribution is -2.34. The zero-order valence-corrected chi connectivity index (χ0v) is 18.7. The molecular weight excluding hydrogens is 372 g/mol. The van der Waals surface area contributed by atoms with Crippen LogP contribution in [0.1, 0.15) is 71.1 Å². The van der Waals surface area contributed by atoms with Crippen molar-refractivity contribution in [3.63, 3.8) is 0 Å². The van der Waals surface area contributed by atoms with Crippen molar-refractivity contribution >= 4 is 15.8 Å². The Labute approximate surface area is 169 Å². The van der Waals surface area contributed by atoms with E-state index in [9.17, 15) is 13.2 Å². The second kappa shape index (κ2) is 7.75. The molecule has 2 rings (SSSR count). The SMILES string of the molecule is CCOC(=O)/C=C(\C)C#CS(=O)(=O)c1cc2c(cc1C)C(C)(C)CCC2(C)C. The van der Waals surface area contributed by atoms with Crippen molar-refractivity contribution in [2.45, 2.75) is 77.0 Å². The van der Waals surface area contributed by atoms with Crippen LogP contribution in [0.5, 0.6) is 0 Å². The predicted molar refractivity (Wildman–Crippen MR) is 112 cm³/mol. The zero-order valence-electron chi connectivity index (χ0n) is 17.9. The van der Waals surface area contributed by atoms with E-state index in [2.05, 4.69) is 38.9 Å². The quantitative estimate of drug-likeness (QED) is 0.321. The van der Waals surface area contributed by atoms with E-state index in [1.54, 1.807) is 19.9 Å². The van der Waals surface area contributed by atoms with E-state index in [4.69, 9.17) is 4.74 Å². The number of esters is 1. The summed E-state index contributed by atoms with van der Waals surface area (Å²) in [6, 6.07) is 3.81. The number of carbonyl (C=O) groups is 1. The lowest BCUT2D eigenvalue weighted by Gasteiger charge is -2.42. The van der Waals surface area contributed by atoms with Crippen molar-refractivity contribution in [3.8, 4) is 11.2 Å². The van der Waals surface area contributed by atoms with Crippen LogP contribution in [0.2, 0.25) is 0 Å². The molecule has 1 aromatic rings. The van der Waals surface area contributed by atoms with E-state index in [0.29, 0.717) is 11.1 Å². The normalized spacial score (nSPS) is 17.9. The van der Waals surface area contributed by atoms with Crippen LogP contribution in [-0.4, -0.2) is 21.0 Å². The van der Waals surface area contributed by atoms with Crippen LogP contribution in [0, 0.1) is 18.1 Å². The molecule has 0 atom stereocenters.